The quantitative estimate of drug-likeness (QED) is 0.418. The Labute approximate surface area is 176 Å². The van der Waals surface area contributed by atoms with Crippen molar-refractivity contribution in [1.82, 2.24) is 9.55 Å². The van der Waals surface area contributed by atoms with Crippen LogP contribution < -0.4 is 21.0 Å². The van der Waals surface area contributed by atoms with Crippen LogP contribution in [0.2, 0.25) is 0 Å². The van der Waals surface area contributed by atoms with E-state index in [-0.39, 0.29) is 24.8 Å². The summed E-state index contributed by atoms with van der Waals surface area (Å²) < 4.78 is 23.0. The predicted octanol–water partition coefficient (Wildman–Crippen LogP) is -1.56. The topological polar surface area (TPSA) is 149 Å². The molecule has 1 N–H and O–H groups in total. The van der Waals surface area contributed by atoms with E-state index in [1.807, 2.05) is 0 Å². The van der Waals surface area contributed by atoms with Crippen LogP contribution in [0.5, 0.6) is 0 Å². The number of rotatable bonds is 5. The lowest BCUT2D eigenvalue weighted by atomic mass is 10.1. The summed E-state index contributed by atoms with van der Waals surface area (Å²) in [5, 5.41) is 0. The molecule has 1 aromatic rings. The molecule has 4 atom stereocenters. The van der Waals surface area contributed by atoms with Gasteiger partial charge < -0.3 is 28.7 Å². The fraction of sp³-hybridized carbons (Fsp3) is 0.611. The van der Waals surface area contributed by atoms with Gasteiger partial charge in [-0.2, -0.15) is 0 Å². The Morgan fingerprint density at radius 3 is 2.23 bits per heavy atom. The summed E-state index contributed by atoms with van der Waals surface area (Å²) in [6.45, 7) is 3.44. The first-order chi connectivity index (χ1) is 14.5. The average molecular weight is 440 g/mol. The minimum absolute atomic E-state index is 0.116. The van der Waals surface area contributed by atoms with E-state index in [0.717, 1.165) is 0 Å². The number of nitrogens with one attached hydrogen (secondary N) is 1. The molecule has 0 spiro atoms. The molecule has 2 aliphatic heterocycles. The second kappa shape index (κ2) is 8.41. The lowest BCUT2D eigenvalue weighted by molar-refractivity contribution is -0.165. The Morgan fingerprint density at radius 1 is 1.03 bits per heavy atom. The van der Waals surface area contributed by atoms with Gasteiger partial charge in [0.15, 0.2) is 18.4 Å². The lowest BCUT2D eigenvalue weighted by Gasteiger charge is -2.30. The molecule has 3 heterocycles. The third-order valence-corrected chi connectivity index (χ3v) is 4.94. The number of aromatic amines is 1. The molecule has 170 valence electrons. The Bertz CT molecular complexity index is 1020. The van der Waals surface area contributed by atoms with Crippen LogP contribution in [0.25, 0.3) is 0 Å². The fourth-order valence-corrected chi connectivity index (χ4v) is 3.78. The third-order valence-electron chi connectivity index (χ3n) is 4.94. The number of carbonyl (C=O) groups is 3. The molecule has 2 aliphatic rings. The van der Waals surface area contributed by atoms with E-state index in [4.69, 9.17) is 18.9 Å². The summed E-state index contributed by atoms with van der Waals surface area (Å²) in [5.41, 5.74) is -1.00. The van der Waals surface area contributed by atoms with E-state index in [1.54, 1.807) is 16.8 Å². The zero-order valence-electron chi connectivity index (χ0n) is 17.7. The summed E-state index contributed by atoms with van der Waals surface area (Å²) in [6, 6.07) is 0. The van der Waals surface area contributed by atoms with Gasteiger partial charge in [0.2, 0.25) is 0 Å². The van der Waals surface area contributed by atoms with Gasteiger partial charge in [-0.05, 0) is 0 Å². The maximum atomic E-state index is 12.4. The van der Waals surface area contributed by atoms with Crippen molar-refractivity contribution in [2.24, 2.45) is 7.05 Å². The van der Waals surface area contributed by atoms with Crippen LogP contribution in [-0.2, 0) is 40.4 Å². The summed E-state index contributed by atoms with van der Waals surface area (Å²) >= 11 is 0. The molecule has 0 aromatic carbocycles. The molecule has 31 heavy (non-hydrogen) atoms. The average Bonchev–Trinajstić information content (AvgIpc) is 3.16. The minimum atomic E-state index is -1.12. The van der Waals surface area contributed by atoms with E-state index in [1.165, 1.54) is 32.4 Å². The fourth-order valence-electron chi connectivity index (χ4n) is 3.78. The number of nitrogens with zero attached hydrogens (tertiary/aromatic N) is 3. The van der Waals surface area contributed by atoms with Crippen molar-refractivity contribution in [3.05, 3.63) is 20.8 Å². The monoisotopic (exact) mass is 440 g/mol. The maximum absolute atomic E-state index is 12.4. The van der Waals surface area contributed by atoms with Gasteiger partial charge in [-0.3, -0.25) is 28.7 Å². The van der Waals surface area contributed by atoms with Crippen molar-refractivity contribution in [3.63, 3.8) is 0 Å². The van der Waals surface area contributed by atoms with E-state index in [0.29, 0.717) is 0 Å². The highest BCUT2D eigenvalue weighted by atomic mass is 16.7. The molecule has 1 aromatic heterocycles. The van der Waals surface area contributed by atoms with Gasteiger partial charge in [0, 0.05) is 34.9 Å². The van der Waals surface area contributed by atoms with Crippen molar-refractivity contribution in [1.29, 1.82) is 0 Å². The van der Waals surface area contributed by atoms with Crippen molar-refractivity contribution in [3.8, 4) is 0 Å². The number of carbonyl (C=O) groups excluding carboxylic acids is 3. The highest BCUT2D eigenvalue weighted by Crippen LogP contribution is 2.38. The van der Waals surface area contributed by atoms with Gasteiger partial charge in [0.1, 0.15) is 24.2 Å². The van der Waals surface area contributed by atoms with E-state index in [9.17, 15) is 24.0 Å². The van der Waals surface area contributed by atoms with Crippen LogP contribution in [-0.4, -0.2) is 72.3 Å². The molecule has 1 fully saturated rings. The Kier molecular flexibility index (Phi) is 6.06. The molecule has 0 saturated carbocycles. The number of anilines is 2. The minimum Gasteiger partial charge on any atom is -0.463 e. The van der Waals surface area contributed by atoms with Crippen molar-refractivity contribution >= 4 is 29.4 Å². The van der Waals surface area contributed by atoms with Crippen LogP contribution in [0, 0.1) is 0 Å². The Hall–Kier alpha value is -3.35. The first-order valence-corrected chi connectivity index (χ1v) is 9.45. The van der Waals surface area contributed by atoms with E-state index >= 15 is 0 Å². The van der Waals surface area contributed by atoms with Crippen LogP contribution >= 0.6 is 0 Å². The molecule has 13 nitrogen and oxygen atoms in total. The summed E-state index contributed by atoms with van der Waals surface area (Å²) in [5.74, 6) is -1.63. The summed E-state index contributed by atoms with van der Waals surface area (Å²) in [4.78, 5) is 64.7. The molecule has 0 radical (unpaired) electrons. The third kappa shape index (κ3) is 4.26. The molecule has 1 saturated heterocycles. The zero-order valence-corrected chi connectivity index (χ0v) is 17.7. The zero-order chi connectivity index (χ0) is 23.0. The van der Waals surface area contributed by atoms with Crippen molar-refractivity contribution in [2.75, 3.05) is 30.1 Å². The summed E-state index contributed by atoms with van der Waals surface area (Å²) in [7, 11) is 3.12. The van der Waals surface area contributed by atoms with E-state index < -0.39 is 53.7 Å². The number of hydrogen-bond donors (Lipinski definition) is 1. The smallest absolute Gasteiger partial charge is 0.329 e. The van der Waals surface area contributed by atoms with Crippen molar-refractivity contribution < 1.29 is 33.3 Å². The van der Waals surface area contributed by atoms with Gasteiger partial charge in [-0.15, -0.1) is 0 Å². The van der Waals surface area contributed by atoms with E-state index in [2.05, 4.69) is 4.98 Å². The highest BCUT2D eigenvalue weighted by Gasteiger charge is 2.54. The first kappa shape index (κ1) is 22.3. The van der Waals surface area contributed by atoms with Crippen LogP contribution in [0.1, 0.15) is 20.8 Å². The van der Waals surface area contributed by atoms with Crippen LogP contribution in [0.4, 0.5) is 11.5 Å². The number of aromatic nitrogens is 2. The molecule has 0 amide bonds. The molecule has 3 rings (SSSR count). The largest absolute Gasteiger partial charge is 0.463 e. The standard InChI is InChI=1S/C18H24N4O9/c1-8(23)28-6-11-13(29-9(2)24)14(30-10(3)25)17(31-11)22-7-20(4)12-15(26)19-18(27)21(5)16(12)22/h11,13-14,17H,6-7H2,1-5H3,(H,19,26,27)/t11-,13-,14-,17-/m1/s1. The number of esters is 3. The van der Waals surface area contributed by atoms with Crippen LogP contribution in [0.15, 0.2) is 9.59 Å². The maximum Gasteiger partial charge on any atom is 0.329 e. The lowest BCUT2D eigenvalue weighted by Crippen LogP contribution is -2.49. The number of fused-ring (bicyclic) bond motifs is 1. The molecular weight excluding hydrogens is 416 g/mol. The molecule has 0 bridgehead atoms. The number of H-pyrrole nitrogens is 1. The van der Waals surface area contributed by atoms with Crippen molar-refractivity contribution in [2.45, 2.75) is 45.3 Å². The summed E-state index contributed by atoms with van der Waals surface area (Å²) in [6.07, 6.45) is -4.18. The predicted molar refractivity (Wildman–Crippen MR) is 104 cm³/mol. The highest BCUT2D eigenvalue weighted by molar-refractivity contribution is 5.72. The second-order valence-electron chi connectivity index (χ2n) is 7.32. The second-order valence-corrected chi connectivity index (χ2v) is 7.32. The molecule has 0 unspecified atom stereocenters. The van der Waals surface area contributed by atoms with Gasteiger partial charge in [0.05, 0.1) is 6.67 Å². The SMILES string of the molecule is CC(=O)OC[C@H]1O[C@@H](N2CN(C)c3c2n(C)c(=O)[nH]c3=O)[C@H](OC(C)=O)[C@@H]1OC(C)=O. The normalized spacial score (nSPS) is 24.7. The number of hydrogen-bond acceptors (Lipinski definition) is 11. The Morgan fingerprint density at radius 2 is 1.65 bits per heavy atom. The van der Waals surface area contributed by atoms with Gasteiger partial charge in [0.25, 0.3) is 5.56 Å². The van der Waals surface area contributed by atoms with Gasteiger partial charge >= 0.3 is 23.6 Å². The molecule has 13 heteroatoms. The van der Waals surface area contributed by atoms with Gasteiger partial charge in [-0.1, -0.05) is 0 Å². The number of ether oxygens (including phenoxy) is 4. The first-order valence-electron chi connectivity index (χ1n) is 9.45. The van der Waals surface area contributed by atoms with Gasteiger partial charge in [-0.25, -0.2) is 4.79 Å². The van der Waals surface area contributed by atoms with Crippen LogP contribution in [0.3, 0.4) is 0 Å². The Balaban J connectivity index is 2.06. The molecule has 0 aliphatic carbocycles. The molecular formula is C18H24N4O9.